The van der Waals surface area contributed by atoms with Gasteiger partial charge in [0.25, 0.3) is 5.91 Å². The van der Waals surface area contributed by atoms with Crippen molar-refractivity contribution in [2.45, 2.75) is 0 Å². The molecule has 3 heterocycles. The van der Waals surface area contributed by atoms with Gasteiger partial charge in [-0.3, -0.25) is 10.1 Å². The first-order valence-corrected chi connectivity index (χ1v) is 9.56. The highest BCUT2D eigenvalue weighted by atomic mass is 79.9. The third kappa shape index (κ3) is 3.49. The summed E-state index contributed by atoms with van der Waals surface area (Å²) in [5, 5.41) is 5.16. The van der Waals surface area contributed by atoms with E-state index in [2.05, 4.69) is 26.2 Å². The number of halogens is 3. The van der Waals surface area contributed by atoms with Crippen LogP contribution in [-0.4, -0.2) is 10.9 Å². The Morgan fingerprint density at radius 3 is 2.71 bits per heavy atom. The third-order valence-corrected chi connectivity index (χ3v) is 6.34. The molecule has 0 spiro atoms. The lowest BCUT2D eigenvalue weighted by atomic mass is 10.3. The van der Waals surface area contributed by atoms with Gasteiger partial charge >= 0.3 is 0 Å². The summed E-state index contributed by atoms with van der Waals surface area (Å²) in [6, 6.07) is 5.49. The number of carbonyl (C=O) groups is 1. The summed E-state index contributed by atoms with van der Waals surface area (Å²) in [7, 11) is 0. The SMILES string of the molecule is O=C(Nc1nc(-c2ccc(Br)s2)cs1)c1cc(Cl)sc1Cl. The third-order valence-electron chi connectivity index (χ3n) is 2.45. The number of nitrogens with zero attached hydrogens (tertiary/aromatic N) is 1. The van der Waals surface area contributed by atoms with Crippen LogP contribution in [0, 0.1) is 0 Å². The van der Waals surface area contributed by atoms with Gasteiger partial charge in [0, 0.05) is 5.38 Å². The van der Waals surface area contributed by atoms with Gasteiger partial charge < -0.3 is 0 Å². The van der Waals surface area contributed by atoms with Gasteiger partial charge in [-0.1, -0.05) is 23.2 Å². The molecule has 0 radical (unpaired) electrons. The summed E-state index contributed by atoms with van der Waals surface area (Å²) >= 11 is 19.3. The van der Waals surface area contributed by atoms with Crippen LogP contribution in [0.5, 0.6) is 0 Å². The molecule has 3 aromatic heterocycles. The van der Waals surface area contributed by atoms with E-state index in [1.165, 1.54) is 11.3 Å². The maximum atomic E-state index is 12.1. The van der Waals surface area contributed by atoms with Crippen LogP contribution in [0.2, 0.25) is 8.67 Å². The number of aromatic nitrogens is 1. The molecule has 0 aliphatic rings. The minimum atomic E-state index is -0.309. The van der Waals surface area contributed by atoms with E-state index in [1.807, 2.05) is 17.5 Å². The number of thiazole rings is 1. The van der Waals surface area contributed by atoms with Crippen LogP contribution in [0.25, 0.3) is 10.6 Å². The van der Waals surface area contributed by atoms with Crippen molar-refractivity contribution in [1.82, 2.24) is 4.98 Å². The first kappa shape index (κ1) is 15.5. The molecule has 0 aliphatic heterocycles. The van der Waals surface area contributed by atoms with E-state index in [4.69, 9.17) is 23.2 Å². The van der Waals surface area contributed by atoms with Crippen LogP contribution in [0.4, 0.5) is 5.13 Å². The number of hydrogen-bond acceptors (Lipinski definition) is 5. The van der Waals surface area contributed by atoms with E-state index in [9.17, 15) is 4.79 Å². The minimum absolute atomic E-state index is 0.309. The van der Waals surface area contributed by atoms with E-state index in [0.717, 1.165) is 25.7 Å². The Labute approximate surface area is 150 Å². The molecule has 3 aromatic rings. The maximum absolute atomic E-state index is 12.1. The van der Waals surface area contributed by atoms with Crippen molar-refractivity contribution in [3.63, 3.8) is 0 Å². The molecule has 0 saturated heterocycles. The highest BCUT2D eigenvalue weighted by Gasteiger charge is 2.16. The van der Waals surface area contributed by atoms with Crippen molar-refractivity contribution >= 4 is 84.2 Å². The largest absolute Gasteiger partial charge is 0.298 e. The van der Waals surface area contributed by atoms with Crippen LogP contribution in [0.3, 0.4) is 0 Å². The predicted octanol–water partition coefficient (Wildman–Crippen LogP) is 6.25. The number of rotatable bonds is 3. The van der Waals surface area contributed by atoms with E-state index in [-0.39, 0.29) is 5.91 Å². The second kappa shape index (κ2) is 6.36. The monoisotopic (exact) mass is 438 g/mol. The summed E-state index contributed by atoms with van der Waals surface area (Å²) in [4.78, 5) is 17.5. The Hall–Kier alpha value is -0.440. The zero-order chi connectivity index (χ0) is 15.0. The van der Waals surface area contributed by atoms with Crippen molar-refractivity contribution in [3.8, 4) is 10.6 Å². The molecule has 9 heteroatoms. The summed E-state index contributed by atoms with van der Waals surface area (Å²) in [5.41, 5.74) is 1.20. The number of hydrogen-bond donors (Lipinski definition) is 1. The zero-order valence-corrected chi connectivity index (χ0v) is 15.6. The summed E-state index contributed by atoms with van der Waals surface area (Å²) < 4.78 is 1.89. The van der Waals surface area contributed by atoms with E-state index >= 15 is 0 Å². The molecule has 108 valence electrons. The molecule has 0 aromatic carbocycles. The van der Waals surface area contributed by atoms with Gasteiger partial charge in [-0.15, -0.1) is 34.0 Å². The van der Waals surface area contributed by atoms with Crippen molar-refractivity contribution < 1.29 is 4.79 Å². The first-order chi connectivity index (χ1) is 10.0. The fourth-order valence-corrected chi connectivity index (χ4v) is 5.14. The van der Waals surface area contributed by atoms with Crippen LogP contribution in [0.15, 0.2) is 27.4 Å². The van der Waals surface area contributed by atoms with Gasteiger partial charge in [-0.2, -0.15) is 0 Å². The Kier molecular flexibility index (Phi) is 4.68. The molecule has 3 rings (SSSR count). The van der Waals surface area contributed by atoms with Crippen molar-refractivity contribution in [1.29, 1.82) is 0 Å². The topological polar surface area (TPSA) is 42.0 Å². The smallest absolute Gasteiger partial charge is 0.259 e. The lowest BCUT2D eigenvalue weighted by molar-refractivity contribution is 0.102. The first-order valence-electron chi connectivity index (χ1n) is 5.50. The molecule has 0 unspecified atom stereocenters. The number of anilines is 1. The quantitative estimate of drug-likeness (QED) is 0.523. The van der Waals surface area contributed by atoms with Crippen molar-refractivity contribution in [3.05, 3.63) is 41.6 Å². The minimum Gasteiger partial charge on any atom is -0.298 e. The highest BCUT2D eigenvalue weighted by molar-refractivity contribution is 9.11. The molecule has 1 N–H and O–H groups in total. The number of amides is 1. The van der Waals surface area contributed by atoms with E-state index < -0.39 is 0 Å². The molecule has 0 fully saturated rings. The number of thiophene rings is 2. The molecular formula is C12H5BrCl2N2OS3. The summed E-state index contributed by atoms with van der Waals surface area (Å²) in [5.74, 6) is -0.309. The van der Waals surface area contributed by atoms with Crippen LogP contribution >= 0.6 is 73.1 Å². The highest BCUT2D eigenvalue weighted by Crippen LogP contribution is 2.34. The lowest BCUT2D eigenvalue weighted by Gasteiger charge is -1.99. The fraction of sp³-hybridized carbons (Fsp3) is 0. The maximum Gasteiger partial charge on any atom is 0.259 e. The Morgan fingerprint density at radius 2 is 2.10 bits per heavy atom. The van der Waals surface area contributed by atoms with Gasteiger partial charge in [0.1, 0.15) is 4.34 Å². The van der Waals surface area contributed by atoms with Gasteiger partial charge in [0.05, 0.1) is 24.3 Å². The van der Waals surface area contributed by atoms with Gasteiger partial charge in [-0.05, 0) is 34.1 Å². The second-order valence-corrected chi connectivity index (χ2v) is 9.44. The fourth-order valence-electron chi connectivity index (χ4n) is 1.56. The molecule has 3 nitrogen and oxygen atoms in total. The molecule has 21 heavy (non-hydrogen) atoms. The summed E-state index contributed by atoms with van der Waals surface area (Å²) in [6.45, 7) is 0. The van der Waals surface area contributed by atoms with Gasteiger partial charge in [0.15, 0.2) is 5.13 Å². The second-order valence-electron chi connectivity index (χ2n) is 3.83. The zero-order valence-electron chi connectivity index (χ0n) is 10.0. The van der Waals surface area contributed by atoms with Crippen LogP contribution < -0.4 is 5.32 Å². The molecule has 0 atom stereocenters. The van der Waals surface area contributed by atoms with Gasteiger partial charge in [0.2, 0.25) is 0 Å². The predicted molar refractivity (Wildman–Crippen MR) is 95.4 cm³/mol. The molecule has 1 amide bonds. The van der Waals surface area contributed by atoms with Crippen molar-refractivity contribution in [2.24, 2.45) is 0 Å². The van der Waals surface area contributed by atoms with Crippen molar-refractivity contribution in [2.75, 3.05) is 5.32 Å². The lowest BCUT2D eigenvalue weighted by Crippen LogP contribution is -2.11. The van der Waals surface area contributed by atoms with E-state index in [0.29, 0.717) is 19.4 Å². The van der Waals surface area contributed by atoms with Crippen LogP contribution in [0.1, 0.15) is 10.4 Å². The van der Waals surface area contributed by atoms with E-state index in [1.54, 1.807) is 17.4 Å². The number of nitrogens with one attached hydrogen (secondary N) is 1. The average Bonchev–Trinajstić information content (AvgIpc) is 3.10. The average molecular weight is 440 g/mol. The van der Waals surface area contributed by atoms with Crippen LogP contribution in [-0.2, 0) is 0 Å². The summed E-state index contributed by atoms with van der Waals surface area (Å²) in [6.07, 6.45) is 0. The molecule has 0 aliphatic carbocycles. The van der Waals surface area contributed by atoms with Gasteiger partial charge in [-0.25, -0.2) is 4.98 Å². The standard InChI is InChI=1S/C12H5BrCl2N2OS3/c13-8-2-1-7(20-8)6-4-19-12(16-6)17-11(18)5-3-9(14)21-10(5)15/h1-4H,(H,16,17,18). The Morgan fingerprint density at radius 1 is 1.29 bits per heavy atom. The molecule has 0 saturated carbocycles. The number of carbonyl (C=O) groups excluding carboxylic acids is 1. The normalized spacial score (nSPS) is 10.8. The molecular weight excluding hydrogens is 435 g/mol. The molecule has 0 bridgehead atoms. The Bertz CT molecular complexity index is 811. The Balaban J connectivity index is 1.78.